The summed E-state index contributed by atoms with van der Waals surface area (Å²) in [6, 6.07) is 6.39. The number of hydrogen-bond acceptors (Lipinski definition) is 0. The van der Waals surface area contributed by atoms with Crippen molar-refractivity contribution in [1.82, 2.24) is 0 Å². The second-order valence-corrected chi connectivity index (χ2v) is 3.84. The van der Waals surface area contributed by atoms with Gasteiger partial charge in [0.1, 0.15) is 0 Å². The third kappa shape index (κ3) is 3.52. The molecule has 1 aromatic rings. The van der Waals surface area contributed by atoms with Gasteiger partial charge in [-0.1, -0.05) is 30.3 Å². The van der Waals surface area contributed by atoms with Gasteiger partial charge in [0.05, 0.1) is 5.38 Å². The van der Waals surface area contributed by atoms with E-state index in [1.807, 2.05) is 0 Å². The van der Waals surface area contributed by atoms with Crippen LogP contribution in [0.15, 0.2) is 30.3 Å². The fourth-order valence-electron chi connectivity index (χ4n) is 1.35. The number of benzene rings is 1. The molecular formula is C10H7ClF6. The van der Waals surface area contributed by atoms with Crippen LogP contribution >= 0.6 is 11.6 Å². The summed E-state index contributed by atoms with van der Waals surface area (Å²) >= 11 is 5.30. The van der Waals surface area contributed by atoms with Crippen LogP contribution in [0, 0.1) is 5.92 Å². The molecule has 0 aromatic heterocycles. The van der Waals surface area contributed by atoms with E-state index in [2.05, 4.69) is 0 Å². The summed E-state index contributed by atoms with van der Waals surface area (Å²) in [4.78, 5) is 0. The molecule has 0 nitrogen and oxygen atoms in total. The predicted octanol–water partition coefficient (Wildman–Crippen LogP) is 4.71. The smallest absolute Gasteiger partial charge is 0.170 e. The Hall–Kier alpha value is -0.910. The number of rotatable bonds is 2. The molecule has 0 radical (unpaired) electrons. The molecule has 0 aliphatic carbocycles. The molecule has 17 heavy (non-hydrogen) atoms. The van der Waals surface area contributed by atoms with Gasteiger partial charge in [0.2, 0.25) is 0 Å². The van der Waals surface area contributed by atoms with Gasteiger partial charge in [0.25, 0.3) is 0 Å². The maximum absolute atomic E-state index is 12.3. The van der Waals surface area contributed by atoms with Crippen LogP contribution in [0.25, 0.3) is 0 Å². The van der Waals surface area contributed by atoms with Crippen LogP contribution in [0.2, 0.25) is 0 Å². The highest BCUT2D eigenvalue weighted by atomic mass is 35.5. The van der Waals surface area contributed by atoms with Crippen molar-refractivity contribution in [2.24, 2.45) is 5.92 Å². The van der Waals surface area contributed by atoms with E-state index in [-0.39, 0.29) is 5.56 Å². The van der Waals surface area contributed by atoms with Crippen molar-refractivity contribution < 1.29 is 26.3 Å². The molecule has 0 aliphatic rings. The Morgan fingerprint density at radius 3 is 1.59 bits per heavy atom. The van der Waals surface area contributed by atoms with Crippen LogP contribution in [-0.2, 0) is 0 Å². The third-order valence-electron chi connectivity index (χ3n) is 2.12. The molecule has 0 N–H and O–H groups in total. The minimum atomic E-state index is -5.43. The Bertz CT molecular complexity index is 341. The zero-order valence-corrected chi connectivity index (χ0v) is 8.94. The molecule has 0 fully saturated rings. The third-order valence-corrected chi connectivity index (χ3v) is 2.62. The van der Waals surface area contributed by atoms with E-state index in [9.17, 15) is 26.3 Å². The maximum atomic E-state index is 12.3. The van der Waals surface area contributed by atoms with E-state index in [0.29, 0.717) is 0 Å². The van der Waals surface area contributed by atoms with Gasteiger partial charge in [-0.3, -0.25) is 0 Å². The van der Waals surface area contributed by atoms with Crippen molar-refractivity contribution in [3.63, 3.8) is 0 Å². The monoisotopic (exact) mass is 276 g/mol. The van der Waals surface area contributed by atoms with E-state index in [1.54, 1.807) is 0 Å². The zero-order chi connectivity index (χ0) is 13.3. The topological polar surface area (TPSA) is 0 Å². The summed E-state index contributed by atoms with van der Waals surface area (Å²) in [5, 5.41) is -2.18. The lowest BCUT2D eigenvalue weighted by atomic mass is 9.97. The normalized spacial score (nSPS) is 15.1. The molecular weight excluding hydrogens is 270 g/mol. The molecule has 0 heterocycles. The Balaban J connectivity index is 3.09. The average Bonchev–Trinajstić information content (AvgIpc) is 2.14. The van der Waals surface area contributed by atoms with Crippen molar-refractivity contribution in [2.45, 2.75) is 17.7 Å². The average molecular weight is 277 g/mol. The van der Waals surface area contributed by atoms with Gasteiger partial charge in [-0.15, -0.1) is 11.6 Å². The molecule has 0 spiro atoms. The SMILES string of the molecule is FC(F)(F)C(C(Cl)c1ccccc1)C(F)(F)F. The standard InChI is InChI=1S/C10H7ClF6/c11-7(6-4-2-1-3-5-6)8(9(12,13)14)10(15,16)17/h1-5,7-8H. The van der Waals surface area contributed by atoms with E-state index in [0.717, 1.165) is 12.1 Å². The lowest BCUT2D eigenvalue weighted by Crippen LogP contribution is -2.39. The van der Waals surface area contributed by atoms with Gasteiger partial charge in [0.15, 0.2) is 5.92 Å². The largest absolute Gasteiger partial charge is 0.402 e. The predicted molar refractivity (Wildman–Crippen MR) is 50.6 cm³/mol. The first kappa shape index (κ1) is 14.2. The number of hydrogen-bond donors (Lipinski definition) is 0. The molecule has 1 rings (SSSR count). The van der Waals surface area contributed by atoms with E-state index in [4.69, 9.17) is 11.6 Å². The van der Waals surface area contributed by atoms with Gasteiger partial charge in [0, 0.05) is 0 Å². The molecule has 96 valence electrons. The lowest BCUT2D eigenvalue weighted by molar-refractivity contribution is -0.284. The summed E-state index contributed by atoms with van der Waals surface area (Å²) in [6.07, 6.45) is -10.9. The zero-order valence-electron chi connectivity index (χ0n) is 8.19. The van der Waals surface area contributed by atoms with Gasteiger partial charge in [-0.05, 0) is 5.56 Å². The van der Waals surface area contributed by atoms with Gasteiger partial charge >= 0.3 is 12.4 Å². The Morgan fingerprint density at radius 1 is 0.824 bits per heavy atom. The minimum absolute atomic E-state index is 0.214. The van der Waals surface area contributed by atoms with Crippen LogP contribution in [-0.4, -0.2) is 12.4 Å². The van der Waals surface area contributed by atoms with Crippen molar-refractivity contribution in [2.75, 3.05) is 0 Å². The highest BCUT2D eigenvalue weighted by Gasteiger charge is 2.60. The summed E-state index contributed by atoms with van der Waals surface area (Å²) in [5.74, 6) is -3.57. The van der Waals surface area contributed by atoms with Crippen molar-refractivity contribution in [3.8, 4) is 0 Å². The van der Waals surface area contributed by atoms with Crippen LogP contribution in [0.4, 0.5) is 26.3 Å². The second kappa shape index (κ2) is 4.76. The molecule has 1 atom stereocenters. The highest BCUT2D eigenvalue weighted by molar-refractivity contribution is 6.21. The summed E-state index contributed by atoms with van der Waals surface area (Å²) < 4.78 is 74.1. The molecule has 0 saturated carbocycles. The Morgan fingerprint density at radius 2 is 1.24 bits per heavy atom. The fourth-order valence-corrected chi connectivity index (χ4v) is 1.78. The second-order valence-electron chi connectivity index (χ2n) is 3.37. The lowest BCUT2D eigenvalue weighted by Gasteiger charge is -2.27. The van der Waals surface area contributed by atoms with Crippen LogP contribution in [0.3, 0.4) is 0 Å². The van der Waals surface area contributed by atoms with Crippen LogP contribution in [0.1, 0.15) is 10.9 Å². The molecule has 7 heteroatoms. The van der Waals surface area contributed by atoms with Crippen molar-refractivity contribution in [3.05, 3.63) is 35.9 Å². The van der Waals surface area contributed by atoms with E-state index < -0.39 is 23.6 Å². The number of alkyl halides is 7. The molecule has 0 saturated heterocycles. The summed E-state index contributed by atoms with van der Waals surface area (Å²) in [6.45, 7) is 0. The first-order valence-corrected chi connectivity index (χ1v) is 4.90. The summed E-state index contributed by atoms with van der Waals surface area (Å²) in [5.41, 5.74) is -0.214. The van der Waals surface area contributed by atoms with Crippen molar-refractivity contribution in [1.29, 1.82) is 0 Å². The molecule has 0 amide bonds. The van der Waals surface area contributed by atoms with Crippen LogP contribution < -0.4 is 0 Å². The molecule has 0 bridgehead atoms. The van der Waals surface area contributed by atoms with Gasteiger partial charge in [-0.2, -0.15) is 26.3 Å². The fraction of sp³-hybridized carbons (Fsp3) is 0.400. The first-order valence-electron chi connectivity index (χ1n) is 4.46. The molecule has 0 aliphatic heterocycles. The van der Waals surface area contributed by atoms with E-state index >= 15 is 0 Å². The first-order chi connectivity index (χ1) is 7.64. The van der Waals surface area contributed by atoms with Crippen LogP contribution in [0.5, 0.6) is 0 Å². The van der Waals surface area contributed by atoms with Crippen molar-refractivity contribution >= 4 is 11.6 Å². The van der Waals surface area contributed by atoms with E-state index in [1.165, 1.54) is 18.2 Å². The minimum Gasteiger partial charge on any atom is -0.170 e. The number of halogens is 7. The molecule has 1 unspecified atom stereocenters. The highest BCUT2D eigenvalue weighted by Crippen LogP contribution is 2.49. The Kier molecular flexibility index (Phi) is 3.96. The quantitative estimate of drug-likeness (QED) is 0.542. The van der Waals surface area contributed by atoms with Gasteiger partial charge in [-0.25, -0.2) is 0 Å². The summed E-state index contributed by atoms with van der Waals surface area (Å²) in [7, 11) is 0. The van der Waals surface area contributed by atoms with Gasteiger partial charge < -0.3 is 0 Å². The molecule has 1 aromatic carbocycles. The Labute approximate surface area is 98.2 Å². The maximum Gasteiger partial charge on any atom is 0.402 e.